The molecule has 3 aliphatic rings. The molecule has 0 bridgehead atoms. The van der Waals surface area contributed by atoms with Crippen molar-refractivity contribution in [3.05, 3.63) is 11.7 Å². The molecule has 0 aromatic carbocycles. The lowest BCUT2D eigenvalue weighted by molar-refractivity contribution is -0.143. The molecule has 2 saturated heterocycles. The Labute approximate surface area is 141 Å². The van der Waals surface area contributed by atoms with Crippen LogP contribution >= 0.6 is 0 Å². The van der Waals surface area contributed by atoms with E-state index < -0.39 is 0 Å². The van der Waals surface area contributed by atoms with Crippen molar-refractivity contribution in [2.24, 2.45) is 5.92 Å². The highest BCUT2D eigenvalue weighted by molar-refractivity contribution is 5.79. The second-order valence-corrected chi connectivity index (χ2v) is 7.07. The van der Waals surface area contributed by atoms with Gasteiger partial charge in [-0.25, -0.2) is 0 Å². The third kappa shape index (κ3) is 3.78. The van der Waals surface area contributed by atoms with Crippen LogP contribution < -0.4 is 0 Å². The van der Waals surface area contributed by atoms with E-state index in [0.717, 1.165) is 51.0 Å². The fraction of sp³-hybridized carbons (Fsp3) is 0.824. The molecule has 7 nitrogen and oxygen atoms in total. The van der Waals surface area contributed by atoms with Gasteiger partial charge < -0.3 is 18.9 Å². The van der Waals surface area contributed by atoms with Crippen LogP contribution in [0.2, 0.25) is 0 Å². The second kappa shape index (κ2) is 7.19. The van der Waals surface area contributed by atoms with Gasteiger partial charge in [-0.2, -0.15) is 4.98 Å². The number of carbonyl (C=O) groups is 1. The molecule has 0 N–H and O–H groups in total. The van der Waals surface area contributed by atoms with Gasteiger partial charge in [-0.3, -0.25) is 4.79 Å². The van der Waals surface area contributed by atoms with E-state index in [1.807, 2.05) is 4.90 Å². The van der Waals surface area contributed by atoms with Gasteiger partial charge in [0.2, 0.25) is 11.8 Å². The van der Waals surface area contributed by atoms with E-state index in [4.69, 9.17) is 14.0 Å². The Morgan fingerprint density at radius 3 is 2.83 bits per heavy atom. The average molecular weight is 335 g/mol. The molecule has 0 spiro atoms. The molecule has 1 unspecified atom stereocenters. The predicted octanol–water partition coefficient (Wildman–Crippen LogP) is 1.88. The topological polar surface area (TPSA) is 77.7 Å². The standard InChI is InChI=1S/C17H25N3O4/c21-17(13-5-8-22-9-6-13)20-7-1-2-14(10-20)23-11-15-18-16(24-19-15)12-3-4-12/h12-14H,1-11H2. The summed E-state index contributed by atoms with van der Waals surface area (Å²) < 4.78 is 16.5. The number of likely N-dealkylation sites (tertiary alicyclic amines) is 1. The zero-order valence-electron chi connectivity index (χ0n) is 14.0. The largest absolute Gasteiger partial charge is 0.381 e. The summed E-state index contributed by atoms with van der Waals surface area (Å²) in [4.78, 5) is 19.0. The highest BCUT2D eigenvalue weighted by Crippen LogP contribution is 2.38. The van der Waals surface area contributed by atoms with E-state index in [1.54, 1.807) is 0 Å². The van der Waals surface area contributed by atoms with E-state index in [-0.39, 0.29) is 17.9 Å². The van der Waals surface area contributed by atoms with E-state index in [2.05, 4.69) is 10.1 Å². The molecule has 7 heteroatoms. The first-order valence-corrected chi connectivity index (χ1v) is 9.10. The van der Waals surface area contributed by atoms with Crippen LogP contribution in [-0.4, -0.2) is 53.4 Å². The quantitative estimate of drug-likeness (QED) is 0.817. The number of aromatic nitrogens is 2. The summed E-state index contributed by atoms with van der Waals surface area (Å²) in [6, 6.07) is 0. The van der Waals surface area contributed by atoms with Crippen molar-refractivity contribution in [2.45, 2.75) is 57.2 Å². The van der Waals surface area contributed by atoms with Gasteiger partial charge in [0.25, 0.3) is 0 Å². The summed E-state index contributed by atoms with van der Waals surface area (Å²) in [7, 11) is 0. The smallest absolute Gasteiger partial charge is 0.229 e. The van der Waals surface area contributed by atoms with Crippen LogP contribution in [-0.2, 0) is 20.9 Å². The minimum atomic E-state index is 0.0606. The Balaban J connectivity index is 1.27. The lowest BCUT2D eigenvalue weighted by atomic mass is 9.97. The summed E-state index contributed by atoms with van der Waals surface area (Å²) in [5, 5.41) is 3.98. The van der Waals surface area contributed by atoms with Crippen molar-refractivity contribution in [3.8, 4) is 0 Å². The normalized spacial score (nSPS) is 25.8. The molecule has 2 aliphatic heterocycles. The Bertz CT molecular complexity index is 566. The fourth-order valence-corrected chi connectivity index (χ4v) is 3.49. The van der Waals surface area contributed by atoms with Crippen molar-refractivity contribution in [1.82, 2.24) is 15.0 Å². The van der Waals surface area contributed by atoms with Gasteiger partial charge >= 0.3 is 0 Å². The van der Waals surface area contributed by atoms with Gasteiger partial charge in [0, 0.05) is 38.1 Å². The minimum Gasteiger partial charge on any atom is -0.381 e. The summed E-state index contributed by atoms with van der Waals surface area (Å²) in [5.41, 5.74) is 0. The molecule has 3 fully saturated rings. The van der Waals surface area contributed by atoms with Gasteiger partial charge in [0.1, 0.15) is 6.61 Å². The van der Waals surface area contributed by atoms with Crippen molar-refractivity contribution >= 4 is 5.91 Å². The van der Waals surface area contributed by atoms with Crippen LogP contribution in [0.1, 0.15) is 56.2 Å². The Morgan fingerprint density at radius 2 is 2.04 bits per heavy atom. The summed E-state index contributed by atoms with van der Waals surface area (Å²) in [6.07, 6.45) is 6.00. The number of amides is 1. The van der Waals surface area contributed by atoms with Crippen LogP contribution in [0.4, 0.5) is 0 Å². The maximum absolute atomic E-state index is 12.6. The van der Waals surface area contributed by atoms with Crippen LogP contribution in [0.25, 0.3) is 0 Å². The van der Waals surface area contributed by atoms with Crippen molar-refractivity contribution in [3.63, 3.8) is 0 Å². The number of hydrogen-bond donors (Lipinski definition) is 0. The lowest BCUT2D eigenvalue weighted by Crippen LogP contribution is -2.46. The minimum absolute atomic E-state index is 0.0606. The van der Waals surface area contributed by atoms with Gasteiger partial charge in [0.15, 0.2) is 5.82 Å². The first-order valence-electron chi connectivity index (χ1n) is 9.10. The summed E-state index contributed by atoms with van der Waals surface area (Å²) >= 11 is 0. The van der Waals surface area contributed by atoms with Crippen molar-refractivity contribution < 1.29 is 18.8 Å². The van der Waals surface area contributed by atoms with Crippen molar-refractivity contribution in [1.29, 1.82) is 0 Å². The van der Waals surface area contributed by atoms with Crippen LogP contribution in [0, 0.1) is 5.92 Å². The molecule has 1 atom stereocenters. The third-order valence-corrected chi connectivity index (χ3v) is 5.12. The van der Waals surface area contributed by atoms with Gasteiger partial charge in [-0.05, 0) is 38.5 Å². The third-order valence-electron chi connectivity index (χ3n) is 5.12. The molecule has 0 radical (unpaired) electrons. The Hall–Kier alpha value is -1.47. The maximum Gasteiger partial charge on any atom is 0.229 e. The molecular formula is C17H25N3O4. The lowest BCUT2D eigenvalue weighted by Gasteiger charge is -2.35. The van der Waals surface area contributed by atoms with Crippen LogP contribution in [0.3, 0.4) is 0 Å². The number of piperidine rings is 1. The molecule has 1 saturated carbocycles. The van der Waals surface area contributed by atoms with E-state index in [9.17, 15) is 4.79 Å². The average Bonchev–Trinajstić information content (AvgIpc) is 3.39. The molecule has 1 amide bonds. The second-order valence-electron chi connectivity index (χ2n) is 7.07. The maximum atomic E-state index is 12.6. The molecule has 1 aromatic rings. The summed E-state index contributed by atoms with van der Waals surface area (Å²) in [5.74, 6) is 2.21. The van der Waals surface area contributed by atoms with Gasteiger partial charge in [0.05, 0.1) is 6.10 Å². The van der Waals surface area contributed by atoms with E-state index in [0.29, 0.717) is 38.1 Å². The Kier molecular flexibility index (Phi) is 4.80. The van der Waals surface area contributed by atoms with E-state index in [1.165, 1.54) is 0 Å². The molecule has 4 rings (SSSR count). The zero-order chi connectivity index (χ0) is 16.4. The number of carbonyl (C=O) groups excluding carboxylic acids is 1. The molecule has 1 aliphatic carbocycles. The highest BCUT2D eigenvalue weighted by Gasteiger charge is 2.31. The van der Waals surface area contributed by atoms with E-state index >= 15 is 0 Å². The van der Waals surface area contributed by atoms with Crippen LogP contribution in [0.5, 0.6) is 0 Å². The molecular weight excluding hydrogens is 310 g/mol. The molecule has 132 valence electrons. The molecule has 1 aromatic heterocycles. The SMILES string of the molecule is O=C(C1CCOCC1)N1CCCC(OCc2noc(C3CC3)n2)C1. The molecule has 24 heavy (non-hydrogen) atoms. The Morgan fingerprint density at radius 1 is 1.21 bits per heavy atom. The predicted molar refractivity (Wildman–Crippen MR) is 84.2 cm³/mol. The van der Waals surface area contributed by atoms with Crippen LogP contribution in [0.15, 0.2) is 4.52 Å². The number of nitrogens with zero attached hydrogens (tertiary/aromatic N) is 3. The summed E-state index contributed by atoms with van der Waals surface area (Å²) in [6.45, 7) is 3.27. The zero-order valence-corrected chi connectivity index (χ0v) is 14.0. The monoisotopic (exact) mass is 335 g/mol. The number of rotatable bonds is 5. The highest BCUT2D eigenvalue weighted by atomic mass is 16.5. The molecule has 3 heterocycles. The first-order chi connectivity index (χ1) is 11.8. The first kappa shape index (κ1) is 16.0. The fourth-order valence-electron chi connectivity index (χ4n) is 3.49. The van der Waals surface area contributed by atoms with Crippen molar-refractivity contribution in [2.75, 3.05) is 26.3 Å². The van der Waals surface area contributed by atoms with Gasteiger partial charge in [-0.1, -0.05) is 5.16 Å². The van der Waals surface area contributed by atoms with Gasteiger partial charge in [-0.15, -0.1) is 0 Å². The number of hydrogen-bond acceptors (Lipinski definition) is 6. The number of ether oxygens (including phenoxy) is 2.